The highest BCUT2D eigenvalue weighted by Crippen LogP contribution is 1.88. The summed E-state index contributed by atoms with van der Waals surface area (Å²) in [6.45, 7) is 1.93. The molecule has 1 aromatic carbocycles. The van der Waals surface area contributed by atoms with Crippen molar-refractivity contribution in [2.24, 2.45) is 0 Å². The Morgan fingerprint density at radius 3 is 1.67 bits per heavy atom. The van der Waals surface area contributed by atoms with Crippen LogP contribution in [0.3, 0.4) is 0 Å². The summed E-state index contributed by atoms with van der Waals surface area (Å²) in [4.78, 5) is 0. The lowest BCUT2D eigenvalue weighted by Gasteiger charge is -1.69. The molecule has 0 N–H and O–H groups in total. The average Bonchev–Trinajstić information content (AvgIpc) is 2.60. The van der Waals surface area contributed by atoms with Gasteiger partial charge in [-0.2, -0.15) is 0 Å². The fourth-order valence-corrected chi connectivity index (χ4v) is 0.642. The van der Waals surface area contributed by atoms with E-state index in [-0.39, 0.29) is 0 Å². The Morgan fingerprint density at radius 2 is 1.50 bits per heavy atom. The van der Waals surface area contributed by atoms with Gasteiger partial charge in [-0.25, -0.2) is 0 Å². The molecule has 0 radical (unpaired) electrons. The second-order valence-electron chi connectivity index (χ2n) is 2.36. The Labute approximate surface area is 71.8 Å². The minimum Gasteiger partial charge on any atom is -0.365 e. The van der Waals surface area contributed by atoms with Gasteiger partial charge in [-0.1, -0.05) is 41.6 Å². The molecule has 0 aliphatic carbocycles. The molecule has 0 atom stereocenters. The van der Waals surface area contributed by atoms with Crippen molar-refractivity contribution in [1.29, 1.82) is 0 Å². The summed E-state index contributed by atoms with van der Waals surface area (Å²) in [7, 11) is 0. The van der Waals surface area contributed by atoms with E-state index in [1.807, 2.05) is 43.3 Å². The summed E-state index contributed by atoms with van der Waals surface area (Å²) in [6, 6.07) is 12.0. The van der Waals surface area contributed by atoms with Crippen LogP contribution in [0.2, 0.25) is 0 Å². The Balaban J connectivity index is 0.000000120. The summed E-state index contributed by atoms with van der Waals surface area (Å²) < 4.78 is 4.46. The van der Waals surface area contributed by atoms with E-state index >= 15 is 0 Å². The quantitative estimate of drug-likeness (QED) is 0.593. The summed E-state index contributed by atoms with van der Waals surface area (Å²) in [5, 5.41) is 3.45. The summed E-state index contributed by atoms with van der Waals surface area (Å²) in [5.74, 6) is 0. The second kappa shape index (κ2) is 5.13. The maximum Gasteiger partial charge on any atom is 0.126 e. The molecule has 1 aromatic heterocycles. The molecule has 2 aromatic rings. The number of benzene rings is 1. The van der Waals surface area contributed by atoms with Gasteiger partial charge < -0.3 is 4.52 Å². The molecule has 2 nitrogen and oxygen atoms in total. The van der Waals surface area contributed by atoms with Crippen LogP contribution in [0.25, 0.3) is 0 Å². The summed E-state index contributed by atoms with van der Waals surface area (Å²) >= 11 is 0. The number of nitrogens with zero attached hydrogens (tertiary/aromatic N) is 1. The lowest BCUT2D eigenvalue weighted by molar-refractivity contribution is 0.419. The lowest BCUT2D eigenvalue weighted by Crippen LogP contribution is -1.50. The zero-order valence-electron chi connectivity index (χ0n) is 6.97. The first-order valence-corrected chi connectivity index (χ1v) is 3.75. The molecule has 1 heterocycles. The van der Waals surface area contributed by atoms with Crippen LogP contribution in [0.4, 0.5) is 0 Å². The summed E-state index contributed by atoms with van der Waals surface area (Å²) in [5.41, 5.74) is 1.06. The summed E-state index contributed by atoms with van der Waals surface area (Å²) in [6.07, 6.45) is 3.26. The molecular formula is C10H11NO. The van der Waals surface area contributed by atoms with E-state index in [1.165, 1.54) is 0 Å². The van der Waals surface area contributed by atoms with E-state index < -0.39 is 0 Å². The van der Waals surface area contributed by atoms with Gasteiger partial charge in [-0.05, 0) is 6.92 Å². The first-order valence-electron chi connectivity index (χ1n) is 3.75. The molecule has 12 heavy (non-hydrogen) atoms. The zero-order valence-corrected chi connectivity index (χ0v) is 6.97. The van der Waals surface area contributed by atoms with Gasteiger partial charge in [0.25, 0.3) is 0 Å². The van der Waals surface area contributed by atoms with Crippen LogP contribution in [0.1, 0.15) is 5.56 Å². The highest BCUT2D eigenvalue weighted by atomic mass is 16.5. The van der Waals surface area contributed by atoms with Gasteiger partial charge in [0, 0.05) is 5.56 Å². The number of aromatic nitrogens is 1. The first-order chi connectivity index (χ1) is 5.89. The smallest absolute Gasteiger partial charge is 0.126 e. The van der Waals surface area contributed by atoms with Crippen molar-refractivity contribution in [2.75, 3.05) is 0 Å². The van der Waals surface area contributed by atoms with Crippen molar-refractivity contribution in [3.05, 3.63) is 54.4 Å². The van der Waals surface area contributed by atoms with Crippen LogP contribution >= 0.6 is 0 Å². The molecule has 0 amide bonds. The first kappa shape index (κ1) is 8.53. The van der Waals surface area contributed by atoms with Crippen LogP contribution < -0.4 is 0 Å². The molecule has 0 aliphatic rings. The Kier molecular flexibility index (Phi) is 3.64. The van der Waals surface area contributed by atoms with E-state index in [2.05, 4.69) is 9.68 Å². The minimum absolute atomic E-state index is 1.06. The van der Waals surface area contributed by atoms with Gasteiger partial charge in [0.2, 0.25) is 0 Å². The maximum absolute atomic E-state index is 4.46. The third-order valence-electron chi connectivity index (χ3n) is 1.22. The molecule has 2 heteroatoms. The monoisotopic (exact) mass is 161 g/mol. The van der Waals surface area contributed by atoms with Crippen LogP contribution in [0, 0.1) is 6.92 Å². The van der Waals surface area contributed by atoms with Gasteiger partial charge in [0.1, 0.15) is 6.26 Å². The van der Waals surface area contributed by atoms with Gasteiger partial charge in [-0.3, -0.25) is 0 Å². The molecule has 0 saturated carbocycles. The molecule has 0 aliphatic heterocycles. The normalized spacial score (nSPS) is 8.42. The van der Waals surface area contributed by atoms with E-state index in [4.69, 9.17) is 0 Å². The second-order valence-corrected chi connectivity index (χ2v) is 2.36. The molecule has 0 spiro atoms. The fraction of sp³-hybridized carbons (Fsp3) is 0.100. The van der Waals surface area contributed by atoms with Crippen LogP contribution in [-0.4, -0.2) is 5.16 Å². The number of hydrogen-bond acceptors (Lipinski definition) is 2. The predicted octanol–water partition coefficient (Wildman–Crippen LogP) is 2.67. The average molecular weight is 161 g/mol. The van der Waals surface area contributed by atoms with Gasteiger partial charge in [0.05, 0.1) is 6.20 Å². The van der Waals surface area contributed by atoms with Gasteiger partial charge >= 0.3 is 0 Å². The highest BCUT2D eigenvalue weighted by Gasteiger charge is 1.77. The van der Waals surface area contributed by atoms with Crippen molar-refractivity contribution in [2.45, 2.75) is 6.92 Å². The van der Waals surface area contributed by atoms with E-state index in [1.54, 1.807) is 12.5 Å². The Morgan fingerprint density at radius 1 is 1.00 bits per heavy atom. The number of rotatable bonds is 0. The Bertz CT molecular complexity index is 249. The number of hydrogen-bond donors (Lipinski definition) is 0. The van der Waals surface area contributed by atoms with Crippen LogP contribution in [-0.2, 0) is 0 Å². The molecule has 0 fully saturated rings. The maximum atomic E-state index is 4.46. The van der Waals surface area contributed by atoms with Crippen molar-refractivity contribution >= 4 is 0 Å². The van der Waals surface area contributed by atoms with Crippen LogP contribution in [0.5, 0.6) is 0 Å². The molecule has 2 rings (SSSR count). The number of aryl methyl sites for hydroxylation is 1. The van der Waals surface area contributed by atoms with Crippen LogP contribution in [0.15, 0.2) is 53.4 Å². The van der Waals surface area contributed by atoms with Gasteiger partial charge in [-0.15, -0.1) is 0 Å². The molecular weight excluding hydrogens is 150 g/mol. The van der Waals surface area contributed by atoms with Crippen molar-refractivity contribution in [3.8, 4) is 0 Å². The standard InChI is InChI=1S/C6H6.C4H5NO/c1-2-4-6-5-3-1;1-4-2-5-6-3-4/h1-6H;2-3H,1H3. The van der Waals surface area contributed by atoms with Gasteiger partial charge in [0.15, 0.2) is 0 Å². The third-order valence-corrected chi connectivity index (χ3v) is 1.22. The van der Waals surface area contributed by atoms with E-state index in [0.717, 1.165) is 5.56 Å². The topological polar surface area (TPSA) is 26.0 Å². The zero-order chi connectivity index (χ0) is 8.65. The SMILES string of the molecule is Cc1cnoc1.c1ccccc1. The largest absolute Gasteiger partial charge is 0.365 e. The minimum atomic E-state index is 1.06. The Hall–Kier alpha value is -1.57. The molecule has 0 bridgehead atoms. The lowest BCUT2D eigenvalue weighted by atomic mass is 10.4. The third kappa shape index (κ3) is 3.56. The predicted molar refractivity (Wildman–Crippen MR) is 47.7 cm³/mol. The fourth-order valence-electron chi connectivity index (χ4n) is 0.642. The van der Waals surface area contributed by atoms with E-state index in [9.17, 15) is 0 Å². The van der Waals surface area contributed by atoms with Crippen molar-refractivity contribution < 1.29 is 4.52 Å². The molecule has 0 unspecified atom stereocenters. The molecule has 0 saturated heterocycles. The highest BCUT2D eigenvalue weighted by molar-refractivity contribution is 4.99. The van der Waals surface area contributed by atoms with Crippen molar-refractivity contribution in [3.63, 3.8) is 0 Å². The van der Waals surface area contributed by atoms with E-state index in [0.29, 0.717) is 0 Å². The van der Waals surface area contributed by atoms with Crippen molar-refractivity contribution in [1.82, 2.24) is 5.16 Å². The molecule has 62 valence electrons.